The van der Waals surface area contributed by atoms with Gasteiger partial charge in [0.15, 0.2) is 0 Å². The summed E-state index contributed by atoms with van der Waals surface area (Å²) in [6, 6.07) is 6.47. The van der Waals surface area contributed by atoms with Crippen LogP contribution in [0.1, 0.15) is 5.56 Å². The number of halogens is 2. The minimum Gasteiger partial charge on any atom is -0.484 e. The van der Waals surface area contributed by atoms with Gasteiger partial charge in [0, 0.05) is 33.2 Å². The van der Waals surface area contributed by atoms with Crippen LogP contribution in [0.3, 0.4) is 0 Å². The molecule has 0 aromatic heterocycles. The van der Waals surface area contributed by atoms with E-state index >= 15 is 0 Å². The van der Waals surface area contributed by atoms with Crippen molar-refractivity contribution in [1.82, 2.24) is 0 Å². The fourth-order valence-electron chi connectivity index (χ4n) is 5.95. The molecule has 29 heavy (non-hydrogen) atoms. The molecule has 1 aromatic carbocycles. The van der Waals surface area contributed by atoms with E-state index in [2.05, 4.69) is 117 Å². The van der Waals surface area contributed by atoms with Crippen molar-refractivity contribution < 1.29 is 9.47 Å². The maximum Gasteiger partial charge on any atom is 0.138 e. The van der Waals surface area contributed by atoms with E-state index < -0.39 is 0 Å². The zero-order valence-corrected chi connectivity index (χ0v) is 18.8. The number of rotatable bonds is 0. The number of para-hydroxylation sites is 1. The van der Waals surface area contributed by atoms with Crippen molar-refractivity contribution in [1.29, 1.82) is 0 Å². The summed E-state index contributed by atoms with van der Waals surface area (Å²) in [5.74, 6) is 1.63. The normalized spacial score (nSPS) is 40.6. The topological polar surface area (TPSA) is 18.5 Å². The molecule has 3 aliphatic carbocycles. The molecular weight excluding hydrogens is 492 g/mol. The van der Waals surface area contributed by atoms with Crippen molar-refractivity contribution in [2.45, 2.75) is 23.7 Å². The monoisotopic (exact) mass is 510 g/mol. The highest BCUT2D eigenvalue weighted by Crippen LogP contribution is 2.62. The average Bonchev–Trinajstić information content (AvgIpc) is 2.74. The number of fused-ring (bicyclic) bond motifs is 8. The van der Waals surface area contributed by atoms with E-state index in [9.17, 15) is 0 Å². The fourth-order valence-corrected chi connectivity index (χ4v) is 6.82. The van der Waals surface area contributed by atoms with Gasteiger partial charge >= 0.3 is 0 Å². The first kappa shape index (κ1) is 18.2. The van der Waals surface area contributed by atoms with E-state index in [0.29, 0.717) is 0 Å². The van der Waals surface area contributed by atoms with Crippen LogP contribution in [-0.2, 0) is 10.2 Å². The number of hydrogen-bond donors (Lipinski definition) is 0. The van der Waals surface area contributed by atoms with Gasteiger partial charge in [-0.1, -0.05) is 82.7 Å². The second kappa shape index (κ2) is 6.69. The predicted octanol–water partition coefficient (Wildman–Crippen LogP) is 6.16. The van der Waals surface area contributed by atoms with Crippen LogP contribution in [0.15, 0.2) is 94.0 Å². The Balaban J connectivity index is 1.67. The molecule has 1 aromatic rings. The molecule has 5 aliphatic rings. The lowest BCUT2D eigenvalue weighted by Crippen LogP contribution is -2.63. The summed E-state index contributed by atoms with van der Waals surface area (Å²) in [7, 11) is 0. The molecule has 0 saturated carbocycles. The Labute approximate surface area is 187 Å². The molecule has 6 rings (SSSR count). The maximum atomic E-state index is 6.63. The standard InChI is InChI=1S/C25H20Br2O2/c26-15-12-13-18-23(14-15)28-21-10-3-1-6-16(21)25(18)17-7-2-4-11-22(17)29-24-19(25)8-5-9-20(24)27/h1-14,16-18,21-23H. The van der Waals surface area contributed by atoms with Crippen molar-refractivity contribution >= 4 is 31.9 Å². The Morgan fingerprint density at radius 1 is 0.759 bits per heavy atom. The van der Waals surface area contributed by atoms with Gasteiger partial charge in [-0.15, -0.1) is 0 Å². The Kier molecular flexibility index (Phi) is 4.20. The third kappa shape index (κ3) is 2.49. The molecule has 4 heteroatoms. The molecule has 7 unspecified atom stereocenters. The summed E-state index contributed by atoms with van der Waals surface area (Å²) in [4.78, 5) is 0. The van der Waals surface area contributed by atoms with Crippen LogP contribution in [0.4, 0.5) is 0 Å². The van der Waals surface area contributed by atoms with Gasteiger partial charge in [0.2, 0.25) is 0 Å². The zero-order chi connectivity index (χ0) is 19.6. The summed E-state index contributed by atoms with van der Waals surface area (Å²) < 4.78 is 15.3. The highest BCUT2D eigenvalue weighted by Gasteiger charge is 2.62. The highest BCUT2D eigenvalue weighted by molar-refractivity contribution is 9.12. The van der Waals surface area contributed by atoms with Crippen LogP contribution in [0, 0.1) is 17.8 Å². The van der Waals surface area contributed by atoms with E-state index in [1.807, 2.05) is 0 Å². The molecule has 1 fully saturated rings. The first-order chi connectivity index (χ1) is 14.2. The maximum absolute atomic E-state index is 6.63. The highest BCUT2D eigenvalue weighted by atomic mass is 79.9. The molecule has 0 N–H and O–H groups in total. The van der Waals surface area contributed by atoms with Gasteiger partial charge < -0.3 is 9.47 Å². The Hall–Kier alpha value is -1.62. The Morgan fingerprint density at radius 3 is 2.28 bits per heavy atom. The second-order valence-corrected chi connectivity index (χ2v) is 9.99. The number of ether oxygens (including phenoxy) is 2. The van der Waals surface area contributed by atoms with Crippen molar-refractivity contribution in [2.24, 2.45) is 17.8 Å². The van der Waals surface area contributed by atoms with E-state index in [1.165, 1.54) is 5.56 Å². The van der Waals surface area contributed by atoms with Crippen LogP contribution in [0.25, 0.3) is 0 Å². The molecule has 1 saturated heterocycles. The van der Waals surface area contributed by atoms with Gasteiger partial charge in [0.25, 0.3) is 0 Å². The first-order valence-corrected chi connectivity index (χ1v) is 11.6. The molecule has 7 atom stereocenters. The fraction of sp³-hybridized carbons (Fsp3) is 0.280. The predicted molar refractivity (Wildman–Crippen MR) is 122 cm³/mol. The zero-order valence-electron chi connectivity index (χ0n) is 15.6. The number of allylic oxidation sites excluding steroid dienone is 6. The molecule has 0 radical (unpaired) electrons. The van der Waals surface area contributed by atoms with Gasteiger partial charge in [0.1, 0.15) is 11.9 Å². The van der Waals surface area contributed by atoms with Crippen molar-refractivity contribution in [3.63, 3.8) is 0 Å². The van der Waals surface area contributed by atoms with Crippen molar-refractivity contribution in [3.05, 3.63) is 99.6 Å². The number of hydrogen-bond acceptors (Lipinski definition) is 2. The van der Waals surface area contributed by atoms with E-state index in [0.717, 1.165) is 14.7 Å². The van der Waals surface area contributed by atoms with E-state index in [-0.39, 0.29) is 41.5 Å². The van der Waals surface area contributed by atoms with Gasteiger partial charge in [-0.3, -0.25) is 0 Å². The van der Waals surface area contributed by atoms with Crippen LogP contribution >= 0.6 is 31.9 Å². The summed E-state index contributed by atoms with van der Waals surface area (Å²) in [5, 5.41) is 0. The lowest BCUT2D eigenvalue weighted by atomic mass is 9.49. The Bertz CT molecular complexity index is 1050. The largest absolute Gasteiger partial charge is 0.484 e. The molecule has 2 heterocycles. The summed E-state index contributed by atoms with van der Waals surface area (Å²) in [5.41, 5.74) is 1.11. The third-order valence-electron chi connectivity index (χ3n) is 6.97. The first-order valence-electron chi connectivity index (χ1n) is 10.1. The smallest absolute Gasteiger partial charge is 0.138 e. The Morgan fingerprint density at radius 2 is 1.45 bits per heavy atom. The van der Waals surface area contributed by atoms with E-state index in [1.54, 1.807) is 0 Å². The molecule has 1 spiro atoms. The average molecular weight is 512 g/mol. The summed E-state index contributed by atoms with van der Waals surface area (Å²) in [6.07, 6.45) is 24.5. The molecule has 2 aliphatic heterocycles. The SMILES string of the molecule is BrC1=CC2OC3C=CC=CC3C3(c4cccc(Br)c4OC4C=CC=CC43)C2C=C1. The third-order valence-corrected chi connectivity index (χ3v) is 8.12. The number of benzene rings is 1. The van der Waals surface area contributed by atoms with E-state index in [4.69, 9.17) is 9.47 Å². The van der Waals surface area contributed by atoms with Gasteiger partial charge in [0.05, 0.1) is 16.7 Å². The van der Waals surface area contributed by atoms with Gasteiger partial charge in [-0.05, 0) is 34.1 Å². The lowest BCUT2D eigenvalue weighted by Gasteiger charge is -2.60. The quantitative estimate of drug-likeness (QED) is 0.415. The van der Waals surface area contributed by atoms with Crippen LogP contribution in [0.5, 0.6) is 5.75 Å². The van der Waals surface area contributed by atoms with Crippen molar-refractivity contribution in [3.8, 4) is 5.75 Å². The molecule has 0 amide bonds. The minimum absolute atomic E-state index is 0.00709. The van der Waals surface area contributed by atoms with Crippen LogP contribution in [-0.4, -0.2) is 18.3 Å². The second-order valence-electron chi connectivity index (χ2n) is 8.22. The van der Waals surface area contributed by atoms with Gasteiger partial charge in [-0.25, -0.2) is 0 Å². The lowest BCUT2D eigenvalue weighted by molar-refractivity contribution is -0.121. The summed E-state index contributed by atoms with van der Waals surface area (Å²) >= 11 is 7.43. The molecule has 146 valence electrons. The minimum atomic E-state index is -0.168. The molecule has 2 nitrogen and oxygen atoms in total. The van der Waals surface area contributed by atoms with Crippen LogP contribution in [0.2, 0.25) is 0 Å². The molecule has 0 bridgehead atoms. The molecular formula is C25H20Br2O2. The van der Waals surface area contributed by atoms with Gasteiger partial charge in [-0.2, -0.15) is 0 Å². The van der Waals surface area contributed by atoms with Crippen molar-refractivity contribution in [2.75, 3.05) is 0 Å². The summed E-state index contributed by atoms with van der Waals surface area (Å²) in [6.45, 7) is 0. The van der Waals surface area contributed by atoms with Crippen LogP contribution < -0.4 is 4.74 Å².